The highest BCUT2D eigenvalue weighted by Gasteiger charge is 2.04. The second kappa shape index (κ2) is 10.1. The molecule has 1 aromatic heterocycles. The zero-order valence-corrected chi connectivity index (χ0v) is 13.6. The fourth-order valence-corrected chi connectivity index (χ4v) is 1.94. The van der Waals surface area contributed by atoms with Gasteiger partial charge in [-0.05, 0) is 13.8 Å². The number of nitrogens with zero attached hydrogens (tertiary/aromatic N) is 2. The molecule has 0 radical (unpaired) electrons. The van der Waals surface area contributed by atoms with Crippen molar-refractivity contribution >= 4 is 11.6 Å². The van der Waals surface area contributed by atoms with Gasteiger partial charge in [-0.2, -0.15) is 0 Å². The Morgan fingerprint density at radius 3 is 2.59 bits per heavy atom. The van der Waals surface area contributed by atoms with Crippen LogP contribution in [0.4, 0.5) is 0 Å². The first kappa shape index (κ1) is 18.3. The number of carbonyl (C=O) groups excluding carboxylic acids is 1. The van der Waals surface area contributed by atoms with Crippen molar-refractivity contribution in [3.8, 4) is 0 Å². The van der Waals surface area contributed by atoms with Crippen molar-refractivity contribution < 1.29 is 14.3 Å². The van der Waals surface area contributed by atoms with E-state index in [1.807, 2.05) is 17.7 Å². The van der Waals surface area contributed by atoms with Crippen LogP contribution in [0.1, 0.15) is 25.4 Å². The maximum absolute atomic E-state index is 10.6. The number of nitrogens with one attached hydrogen (secondary N) is 2. The van der Waals surface area contributed by atoms with Gasteiger partial charge in [0.25, 0.3) is 0 Å². The predicted octanol–water partition coefficient (Wildman–Crippen LogP) is 0.943. The van der Waals surface area contributed by atoms with Gasteiger partial charge in [-0.15, -0.1) is 0 Å². The van der Waals surface area contributed by atoms with E-state index in [9.17, 15) is 4.79 Å². The number of ether oxygens (including phenoxy) is 2. The Kier molecular flexibility index (Phi) is 8.39. The van der Waals surface area contributed by atoms with Crippen LogP contribution in [0.5, 0.6) is 0 Å². The fraction of sp³-hybridized carbons (Fsp3) is 0.667. The van der Waals surface area contributed by atoms with Crippen molar-refractivity contribution in [1.29, 1.82) is 5.41 Å². The molecule has 0 aliphatic carbocycles. The molecule has 0 aliphatic rings. The van der Waals surface area contributed by atoms with Crippen LogP contribution in [0.2, 0.25) is 0 Å². The van der Waals surface area contributed by atoms with Crippen LogP contribution in [-0.4, -0.2) is 54.1 Å². The van der Waals surface area contributed by atoms with E-state index in [2.05, 4.69) is 10.3 Å². The number of amides is 1. The number of aromatic nitrogens is 2. The van der Waals surface area contributed by atoms with E-state index in [1.54, 1.807) is 6.92 Å². The normalized spacial score (nSPS) is 10.7. The first-order valence-corrected chi connectivity index (χ1v) is 7.45. The molecular weight excluding hydrogens is 284 g/mol. The average Bonchev–Trinajstić information content (AvgIpc) is 2.75. The molecule has 2 N–H and O–H groups in total. The lowest BCUT2D eigenvalue weighted by Crippen LogP contribution is -2.25. The molecule has 0 saturated carbocycles. The van der Waals surface area contributed by atoms with Crippen molar-refractivity contribution in [2.24, 2.45) is 0 Å². The molecular formula is C15H26N4O3. The summed E-state index contributed by atoms with van der Waals surface area (Å²) in [6.07, 6.45) is 2.57. The average molecular weight is 310 g/mol. The highest BCUT2D eigenvalue weighted by Crippen LogP contribution is 2.04. The molecule has 0 aromatic carbocycles. The lowest BCUT2D eigenvalue weighted by molar-refractivity contribution is -0.119. The van der Waals surface area contributed by atoms with E-state index in [1.165, 1.54) is 6.92 Å². The number of hydrogen-bond acceptors (Lipinski definition) is 5. The third-order valence-electron chi connectivity index (χ3n) is 2.94. The summed E-state index contributed by atoms with van der Waals surface area (Å²) in [6, 6.07) is 0. The molecule has 1 amide bonds. The standard InChI is InChI=1S/C15H26N4O3/c1-12(16)10-15-11-19(13(2)18-15)5-7-22-9-8-21-6-4-17-14(3)20/h11,16H,4-10H2,1-3H3,(H,17,20). The van der Waals surface area contributed by atoms with Crippen LogP contribution < -0.4 is 5.32 Å². The van der Waals surface area contributed by atoms with Gasteiger partial charge in [-0.25, -0.2) is 4.98 Å². The van der Waals surface area contributed by atoms with Crippen molar-refractivity contribution in [2.75, 3.05) is 33.0 Å². The zero-order valence-electron chi connectivity index (χ0n) is 13.6. The molecule has 22 heavy (non-hydrogen) atoms. The van der Waals surface area contributed by atoms with Crippen LogP contribution in [0.25, 0.3) is 0 Å². The molecule has 1 heterocycles. The Labute approximate surface area is 131 Å². The summed E-state index contributed by atoms with van der Waals surface area (Å²) in [7, 11) is 0. The van der Waals surface area contributed by atoms with Crippen LogP contribution in [0.3, 0.4) is 0 Å². The molecule has 1 aromatic rings. The number of carbonyl (C=O) groups is 1. The number of aryl methyl sites for hydroxylation is 1. The molecule has 0 atom stereocenters. The van der Waals surface area contributed by atoms with E-state index in [-0.39, 0.29) is 5.91 Å². The highest BCUT2D eigenvalue weighted by atomic mass is 16.5. The van der Waals surface area contributed by atoms with Gasteiger partial charge < -0.3 is 24.8 Å². The van der Waals surface area contributed by atoms with Gasteiger partial charge in [0.1, 0.15) is 5.82 Å². The number of rotatable bonds is 11. The summed E-state index contributed by atoms with van der Waals surface area (Å²) in [6.45, 7) is 8.61. The lowest BCUT2D eigenvalue weighted by Gasteiger charge is -2.07. The molecule has 7 nitrogen and oxygen atoms in total. The van der Waals surface area contributed by atoms with E-state index in [0.717, 1.165) is 18.1 Å². The minimum Gasteiger partial charge on any atom is -0.377 e. The van der Waals surface area contributed by atoms with Crippen LogP contribution in [-0.2, 0) is 27.2 Å². The SMILES string of the molecule is CC(=N)Cc1cn(CCOCCOCCNC(C)=O)c(C)n1. The van der Waals surface area contributed by atoms with Crippen LogP contribution in [0.15, 0.2) is 6.20 Å². The quantitative estimate of drug-likeness (QED) is 0.470. The van der Waals surface area contributed by atoms with Gasteiger partial charge >= 0.3 is 0 Å². The molecule has 0 bridgehead atoms. The molecule has 0 unspecified atom stereocenters. The van der Waals surface area contributed by atoms with Gasteiger partial charge in [0, 0.05) is 38.3 Å². The Morgan fingerprint density at radius 2 is 1.95 bits per heavy atom. The van der Waals surface area contributed by atoms with Crippen molar-refractivity contribution in [3.63, 3.8) is 0 Å². The van der Waals surface area contributed by atoms with Gasteiger partial charge in [0.05, 0.1) is 32.1 Å². The monoisotopic (exact) mass is 310 g/mol. The van der Waals surface area contributed by atoms with E-state index >= 15 is 0 Å². The third-order valence-corrected chi connectivity index (χ3v) is 2.94. The first-order chi connectivity index (χ1) is 10.5. The van der Waals surface area contributed by atoms with Crippen LogP contribution in [0, 0.1) is 12.3 Å². The highest BCUT2D eigenvalue weighted by molar-refractivity contribution is 5.80. The third kappa shape index (κ3) is 7.90. The van der Waals surface area contributed by atoms with Gasteiger partial charge in [0.2, 0.25) is 5.91 Å². The van der Waals surface area contributed by atoms with Crippen molar-refractivity contribution in [3.05, 3.63) is 17.7 Å². The molecule has 1 rings (SSSR count). The maximum Gasteiger partial charge on any atom is 0.216 e. The molecule has 0 fully saturated rings. The molecule has 0 saturated heterocycles. The summed E-state index contributed by atoms with van der Waals surface area (Å²) in [5, 5.41) is 10.1. The van der Waals surface area contributed by atoms with E-state index in [4.69, 9.17) is 14.9 Å². The van der Waals surface area contributed by atoms with Gasteiger partial charge in [-0.1, -0.05) is 0 Å². The first-order valence-electron chi connectivity index (χ1n) is 7.45. The van der Waals surface area contributed by atoms with E-state index in [0.29, 0.717) is 45.1 Å². The lowest BCUT2D eigenvalue weighted by atomic mass is 10.2. The zero-order chi connectivity index (χ0) is 16.4. The topological polar surface area (TPSA) is 89.2 Å². The summed E-state index contributed by atoms with van der Waals surface area (Å²) in [5.74, 6) is 0.888. The second-order valence-electron chi connectivity index (χ2n) is 5.14. The molecule has 7 heteroatoms. The summed E-state index contributed by atoms with van der Waals surface area (Å²) < 4.78 is 12.9. The van der Waals surface area contributed by atoms with Crippen molar-refractivity contribution in [2.45, 2.75) is 33.7 Å². The second-order valence-corrected chi connectivity index (χ2v) is 5.14. The number of imidazole rings is 1. The Balaban J connectivity index is 2.08. The largest absolute Gasteiger partial charge is 0.377 e. The Bertz CT molecular complexity index is 485. The summed E-state index contributed by atoms with van der Waals surface area (Å²) >= 11 is 0. The van der Waals surface area contributed by atoms with Gasteiger partial charge in [0.15, 0.2) is 0 Å². The maximum atomic E-state index is 10.6. The minimum atomic E-state index is -0.0480. The minimum absolute atomic E-state index is 0.0480. The molecule has 0 spiro atoms. The van der Waals surface area contributed by atoms with E-state index < -0.39 is 0 Å². The van der Waals surface area contributed by atoms with Crippen LogP contribution >= 0.6 is 0 Å². The Morgan fingerprint density at radius 1 is 1.27 bits per heavy atom. The fourth-order valence-electron chi connectivity index (χ4n) is 1.94. The Hall–Kier alpha value is -1.73. The smallest absolute Gasteiger partial charge is 0.216 e. The predicted molar refractivity (Wildman–Crippen MR) is 84.4 cm³/mol. The summed E-state index contributed by atoms with van der Waals surface area (Å²) in [5.41, 5.74) is 1.53. The molecule has 124 valence electrons. The summed E-state index contributed by atoms with van der Waals surface area (Å²) in [4.78, 5) is 15.1. The molecule has 0 aliphatic heterocycles. The van der Waals surface area contributed by atoms with Gasteiger partial charge in [-0.3, -0.25) is 4.79 Å². The van der Waals surface area contributed by atoms with Crippen molar-refractivity contribution in [1.82, 2.24) is 14.9 Å². The number of hydrogen-bond donors (Lipinski definition) is 2.